The van der Waals surface area contributed by atoms with Crippen LogP contribution in [0.5, 0.6) is 0 Å². The first kappa shape index (κ1) is 12.2. The van der Waals surface area contributed by atoms with Gasteiger partial charge in [-0.2, -0.15) is 5.10 Å². The van der Waals surface area contributed by atoms with Gasteiger partial charge in [0.25, 0.3) is 5.56 Å². The van der Waals surface area contributed by atoms with Gasteiger partial charge in [0.15, 0.2) is 0 Å². The molecule has 4 nitrogen and oxygen atoms in total. The van der Waals surface area contributed by atoms with E-state index in [1.807, 2.05) is 0 Å². The summed E-state index contributed by atoms with van der Waals surface area (Å²) in [6.45, 7) is 1.67. The zero-order chi connectivity index (χ0) is 12.5. The summed E-state index contributed by atoms with van der Waals surface area (Å²) in [4.78, 5) is 12.3. The van der Waals surface area contributed by atoms with Gasteiger partial charge in [-0.3, -0.25) is 4.79 Å². The van der Waals surface area contributed by atoms with E-state index in [2.05, 4.69) is 26.3 Å². The van der Waals surface area contributed by atoms with Gasteiger partial charge in [0.2, 0.25) is 0 Å². The van der Waals surface area contributed by atoms with Crippen molar-refractivity contribution in [2.24, 2.45) is 11.8 Å². The van der Waals surface area contributed by atoms with Gasteiger partial charge >= 0.3 is 0 Å². The normalized spacial score (nSPS) is 19.6. The van der Waals surface area contributed by atoms with E-state index in [1.165, 1.54) is 32.1 Å². The first-order chi connectivity index (χ1) is 8.74. The highest BCUT2D eigenvalue weighted by atomic mass is 79.9. The van der Waals surface area contributed by atoms with Crippen molar-refractivity contribution in [1.29, 1.82) is 0 Å². The zero-order valence-corrected chi connectivity index (χ0v) is 11.9. The van der Waals surface area contributed by atoms with Crippen LogP contribution in [0.25, 0.3) is 0 Å². The average molecular weight is 312 g/mol. The Kier molecular flexibility index (Phi) is 3.41. The molecule has 18 heavy (non-hydrogen) atoms. The highest BCUT2D eigenvalue weighted by Gasteiger charge is 2.23. The number of nitrogens with zero attached hydrogens (tertiary/aromatic N) is 2. The van der Waals surface area contributed by atoms with E-state index in [-0.39, 0.29) is 5.56 Å². The molecule has 0 atom stereocenters. The summed E-state index contributed by atoms with van der Waals surface area (Å²) in [6, 6.07) is 0. The van der Waals surface area contributed by atoms with Crippen molar-refractivity contribution in [2.45, 2.75) is 38.6 Å². The lowest BCUT2D eigenvalue weighted by Gasteiger charge is -2.25. The molecule has 0 saturated heterocycles. The van der Waals surface area contributed by atoms with Gasteiger partial charge in [0.1, 0.15) is 5.69 Å². The van der Waals surface area contributed by atoms with Crippen LogP contribution >= 0.6 is 15.9 Å². The van der Waals surface area contributed by atoms with Crippen LogP contribution in [0.1, 0.15) is 32.1 Å². The van der Waals surface area contributed by atoms with E-state index in [4.69, 9.17) is 0 Å². The summed E-state index contributed by atoms with van der Waals surface area (Å²) >= 11 is 3.41. The summed E-state index contributed by atoms with van der Waals surface area (Å²) in [5.41, 5.74) is 0.688. The summed E-state index contributed by atoms with van der Waals surface area (Å²) in [5, 5.41) is 7.49. The van der Waals surface area contributed by atoms with Gasteiger partial charge in [-0.05, 0) is 53.4 Å². The second-order valence-electron chi connectivity index (χ2n) is 5.48. The minimum atomic E-state index is 0.0110. The molecule has 0 aromatic carbocycles. The quantitative estimate of drug-likeness (QED) is 0.909. The maximum absolute atomic E-state index is 12.3. The smallest absolute Gasteiger partial charge is 0.291 e. The molecule has 1 aromatic rings. The predicted molar refractivity (Wildman–Crippen MR) is 74.8 cm³/mol. The second kappa shape index (κ2) is 5.03. The standard InChI is InChI=1S/C13H18BrN3O/c14-11-7-16-17(8-10-2-1-3-10)13(18)12(11)15-6-9-4-5-9/h7,9-10,15H,1-6,8H2. The summed E-state index contributed by atoms with van der Waals surface area (Å²) in [6.07, 6.45) is 8.06. The molecule has 0 bridgehead atoms. The van der Waals surface area contributed by atoms with Crippen LogP contribution in [0.15, 0.2) is 15.5 Å². The molecule has 5 heteroatoms. The van der Waals surface area contributed by atoms with Crippen LogP contribution in [0.3, 0.4) is 0 Å². The van der Waals surface area contributed by atoms with Crippen LogP contribution in [0, 0.1) is 11.8 Å². The Morgan fingerprint density at radius 2 is 2.11 bits per heavy atom. The van der Waals surface area contributed by atoms with E-state index in [1.54, 1.807) is 10.9 Å². The third-order valence-electron chi connectivity index (χ3n) is 3.92. The van der Waals surface area contributed by atoms with E-state index < -0.39 is 0 Å². The second-order valence-corrected chi connectivity index (χ2v) is 6.33. The van der Waals surface area contributed by atoms with Crippen molar-refractivity contribution in [1.82, 2.24) is 9.78 Å². The van der Waals surface area contributed by atoms with Gasteiger partial charge in [-0.25, -0.2) is 4.68 Å². The Hall–Kier alpha value is -0.840. The van der Waals surface area contributed by atoms with Crippen molar-refractivity contribution in [2.75, 3.05) is 11.9 Å². The Balaban J connectivity index is 1.76. The minimum Gasteiger partial charge on any atom is -0.379 e. The highest BCUT2D eigenvalue weighted by Crippen LogP contribution is 2.30. The first-order valence-electron chi connectivity index (χ1n) is 6.73. The predicted octanol–water partition coefficient (Wildman–Crippen LogP) is 2.63. The molecule has 0 spiro atoms. The van der Waals surface area contributed by atoms with Gasteiger partial charge in [-0.1, -0.05) is 6.42 Å². The number of nitrogens with one attached hydrogen (secondary N) is 1. The number of halogens is 1. The molecule has 1 N–H and O–H groups in total. The average Bonchev–Trinajstić information content (AvgIpc) is 3.09. The monoisotopic (exact) mass is 311 g/mol. The molecule has 1 aromatic heterocycles. The van der Waals surface area contributed by atoms with Crippen molar-refractivity contribution in [3.8, 4) is 0 Å². The third kappa shape index (κ3) is 2.60. The molecule has 98 valence electrons. The lowest BCUT2D eigenvalue weighted by atomic mass is 9.85. The highest BCUT2D eigenvalue weighted by molar-refractivity contribution is 9.10. The molecular formula is C13H18BrN3O. The summed E-state index contributed by atoms with van der Waals surface area (Å²) in [5.74, 6) is 1.40. The maximum Gasteiger partial charge on any atom is 0.291 e. The molecule has 2 fully saturated rings. The molecule has 0 radical (unpaired) electrons. The fourth-order valence-corrected chi connectivity index (χ4v) is 2.65. The molecule has 2 aliphatic carbocycles. The SMILES string of the molecule is O=c1c(NCC2CC2)c(Br)cnn1CC1CCC1. The van der Waals surface area contributed by atoms with Crippen molar-refractivity contribution < 1.29 is 0 Å². The summed E-state index contributed by atoms with van der Waals surface area (Å²) < 4.78 is 2.39. The van der Waals surface area contributed by atoms with E-state index in [9.17, 15) is 4.79 Å². The van der Waals surface area contributed by atoms with Crippen LogP contribution in [0.4, 0.5) is 5.69 Å². The van der Waals surface area contributed by atoms with Gasteiger partial charge < -0.3 is 5.32 Å². The molecule has 3 rings (SSSR count). The molecule has 2 aliphatic rings. The van der Waals surface area contributed by atoms with E-state index in [0.717, 1.165) is 23.5 Å². The molecule has 1 heterocycles. The number of hydrogen-bond acceptors (Lipinski definition) is 3. The Morgan fingerprint density at radius 3 is 2.72 bits per heavy atom. The Labute approximate surface area is 115 Å². The summed E-state index contributed by atoms with van der Waals surface area (Å²) in [7, 11) is 0. The topological polar surface area (TPSA) is 46.9 Å². The molecule has 0 amide bonds. The van der Waals surface area contributed by atoms with Crippen molar-refractivity contribution in [3.05, 3.63) is 21.0 Å². The van der Waals surface area contributed by atoms with Crippen LogP contribution in [-0.4, -0.2) is 16.3 Å². The van der Waals surface area contributed by atoms with Crippen molar-refractivity contribution >= 4 is 21.6 Å². The fraction of sp³-hybridized carbons (Fsp3) is 0.692. The van der Waals surface area contributed by atoms with Gasteiger partial charge in [-0.15, -0.1) is 0 Å². The number of hydrogen-bond donors (Lipinski definition) is 1. The minimum absolute atomic E-state index is 0.0110. The molecule has 0 aliphatic heterocycles. The van der Waals surface area contributed by atoms with E-state index >= 15 is 0 Å². The van der Waals surface area contributed by atoms with Crippen LogP contribution in [0.2, 0.25) is 0 Å². The van der Waals surface area contributed by atoms with Crippen LogP contribution < -0.4 is 10.9 Å². The van der Waals surface area contributed by atoms with Crippen molar-refractivity contribution in [3.63, 3.8) is 0 Å². The number of anilines is 1. The lowest BCUT2D eigenvalue weighted by Crippen LogP contribution is -2.31. The largest absolute Gasteiger partial charge is 0.379 e. The Bertz CT molecular complexity index is 491. The number of rotatable bonds is 5. The first-order valence-corrected chi connectivity index (χ1v) is 7.53. The Morgan fingerprint density at radius 1 is 1.33 bits per heavy atom. The van der Waals surface area contributed by atoms with E-state index in [0.29, 0.717) is 11.6 Å². The molecular weight excluding hydrogens is 294 g/mol. The lowest BCUT2D eigenvalue weighted by molar-refractivity contribution is 0.262. The fourth-order valence-electron chi connectivity index (χ4n) is 2.25. The zero-order valence-electron chi connectivity index (χ0n) is 10.4. The molecule has 0 unspecified atom stereocenters. The third-order valence-corrected chi connectivity index (χ3v) is 4.52. The van der Waals surface area contributed by atoms with Gasteiger partial charge in [0.05, 0.1) is 10.7 Å². The number of aromatic nitrogens is 2. The molecule has 2 saturated carbocycles. The van der Waals surface area contributed by atoms with Crippen LogP contribution in [-0.2, 0) is 6.54 Å². The van der Waals surface area contributed by atoms with Gasteiger partial charge in [0, 0.05) is 13.1 Å². The maximum atomic E-state index is 12.3.